The first-order valence-corrected chi connectivity index (χ1v) is 14.1. The Morgan fingerprint density at radius 2 is 1.68 bits per heavy atom. The van der Waals surface area contributed by atoms with Gasteiger partial charge in [-0.2, -0.15) is 9.61 Å². The van der Waals surface area contributed by atoms with Crippen LogP contribution in [0, 0.1) is 0 Å². The van der Waals surface area contributed by atoms with Crippen LogP contribution in [0.4, 0.5) is 5.82 Å². The van der Waals surface area contributed by atoms with Crippen molar-refractivity contribution in [3.05, 3.63) is 47.9 Å². The summed E-state index contributed by atoms with van der Waals surface area (Å²) in [6.45, 7) is 15.2. The van der Waals surface area contributed by atoms with Gasteiger partial charge in [0, 0.05) is 69.4 Å². The zero-order valence-corrected chi connectivity index (χ0v) is 22.8. The van der Waals surface area contributed by atoms with Gasteiger partial charge in [0.1, 0.15) is 17.5 Å². The second kappa shape index (κ2) is 9.32. The Morgan fingerprint density at radius 1 is 0.921 bits per heavy atom. The predicted molar refractivity (Wildman–Crippen MR) is 149 cm³/mol. The first-order chi connectivity index (χ1) is 18.4. The summed E-state index contributed by atoms with van der Waals surface area (Å²) in [5, 5.41) is 5.10. The first-order valence-electron chi connectivity index (χ1n) is 14.1. The summed E-state index contributed by atoms with van der Waals surface area (Å²) in [5.41, 5.74) is 4.35. The first kappa shape index (κ1) is 24.1. The quantitative estimate of drug-likeness (QED) is 0.402. The van der Waals surface area contributed by atoms with E-state index in [-0.39, 0.29) is 5.54 Å². The zero-order valence-electron chi connectivity index (χ0n) is 22.8. The summed E-state index contributed by atoms with van der Waals surface area (Å²) in [6, 6.07) is 12.8. The Hall–Kier alpha value is -3.01. The molecule has 3 aromatic heterocycles. The molecule has 200 valence electrons. The van der Waals surface area contributed by atoms with E-state index in [2.05, 4.69) is 76.4 Å². The van der Waals surface area contributed by atoms with Crippen LogP contribution in [0.1, 0.15) is 51.0 Å². The summed E-state index contributed by atoms with van der Waals surface area (Å²) in [4.78, 5) is 17.7. The van der Waals surface area contributed by atoms with E-state index in [0.717, 1.165) is 98.9 Å². The van der Waals surface area contributed by atoms with Crippen molar-refractivity contribution in [3.63, 3.8) is 0 Å². The molecule has 0 spiro atoms. The van der Waals surface area contributed by atoms with Crippen molar-refractivity contribution in [2.45, 2.75) is 51.6 Å². The number of fused-ring (bicyclic) bond motifs is 2. The number of nitrogens with zero attached hydrogens (tertiary/aromatic N) is 8. The number of para-hydroxylation sites is 2. The highest BCUT2D eigenvalue weighted by Crippen LogP contribution is 2.42. The molecular weight excluding hydrogens is 476 g/mol. The Labute approximate surface area is 224 Å². The molecule has 3 aliphatic rings. The lowest BCUT2D eigenvalue weighted by atomic mass is 10.0. The van der Waals surface area contributed by atoms with Crippen LogP contribution in [0.3, 0.4) is 0 Å². The fourth-order valence-corrected chi connectivity index (χ4v) is 5.91. The molecule has 0 bridgehead atoms. The second-order valence-electron chi connectivity index (χ2n) is 12.0. The number of ether oxygens (including phenoxy) is 1. The molecule has 0 radical (unpaired) electrons. The van der Waals surface area contributed by atoms with Crippen LogP contribution in [-0.2, 0) is 11.3 Å². The molecular formula is C29H38N8O. The van der Waals surface area contributed by atoms with Crippen LogP contribution in [0.2, 0.25) is 0 Å². The van der Waals surface area contributed by atoms with E-state index in [9.17, 15) is 0 Å². The minimum atomic E-state index is 0.222. The van der Waals surface area contributed by atoms with Gasteiger partial charge in [-0.25, -0.2) is 9.97 Å². The van der Waals surface area contributed by atoms with Crippen LogP contribution in [0.25, 0.3) is 22.5 Å². The average Bonchev–Trinajstić information content (AvgIpc) is 3.57. The molecule has 1 saturated carbocycles. The van der Waals surface area contributed by atoms with Crippen LogP contribution in [-0.4, -0.2) is 92.0 Å². The lowest BCUT2D eigenvalue weighted by Gasteiger charge is -2.42. The van der Waals surface area contributed by atoms with Crippen molar-refractivity contribution < 1.29 is 4.74 Å². The molecule has 38 heavy (non-hydrogen) atoms. The predicted octanol–water partition coefficient (Wildman–Crippen LogP) is 3.70. The number of hydrogen-bond donors (Lipinski definition) is 0. The lowest BCUT2D eigenvalue weighted by molar-refractivity contribution is 0.0585. The van der Waals surface area contributed by atoms with Gasteiger partial charge >= 0.3 is 0 Å². The molecule has 4 aromatic rings. The Morgan fingerprint density at radius 3 is 2.42 bits per heavy atom. The minimum absolute atomic E-state index is 0.222. The topological polar surface area (TPSA) is 67.0 Å². The maximum Gasteiger partial charge on any atom is 0.160 e. The number of imidazole rings is 1. The van der Waals surface area contributed by atoms with Crippen molar-refractivity contribution in [1.82, 2.24) is 33.9 Å². The highest BCUT2D eigenvalue weighted by molar-refractivity contribution is 5.78. The van der Waals surface area contributed by atoms with Crippen LogP contribution >= 0.6 is 0 Å². The third kappa shape index (κ3) is 4.46. The van der Waals surface area contributed by atoms with Crippen LogP contribution < -0.4 is 4.90 Å². The van der Waals surface area contributed by atoms with Gasteiger partial charge in [-0.3, -0.25) is 14.4 Å². The molecule has 2 saturated heterocycles. The molecule has 9 heteroatoms. The maximum absolute atomic E-state index is 5.68. The van der Waals surface area contributed by atoms with Gasteiger partial charge in [0.15, 0.2) is 5.65 Å². The lowest BCUT2D eigenvalue weighted by Crippen LogP contribution is -2.53. The van der Waals surface area contributed by atoms with E-state index in [1.165, 1.54) is 12.8 Å². The summed E-state index contributed by atoms with van der Waals surface area (Å²) >= 11 is 0. The smallest absolute Gasteiger partial charge is 0.160 e. The summed E-state index contributed by atoms with van der Waals surface area (Å²) in [6.07, 6.45) is 2.39. The van der Waals surface area contributed by atoms with Gasteiger partial charge in [-0.05, 0) is 45.7 Å². The fourth-order valence-electron chi connectivity index (χ4n) is 5.91. The highest BCUT2D eigenvalue weighted by Gasteiger charge is 2.31. The van der Waals surface area contributed by atoms with E-state index in [0.29, 0.717) is 5.92 Å². The zero-order chi connectivity index (χ0) is 25.9. The van der Waals surface area contributed by atoms with Gasteiger partial charge in [-0.1, -0.05) is 12.1 Å². The molecule has 1 aromatic carbocycles. The number of aromatic nitrogens is 5. The third-order valence-electron chi connectivity index (χ3n) is 8.25. The number of hydrogen-bond acceptors (Lipinski definition) is 7. The molecule has 0 N–H and O–H groups in total. The number of anilines is 1. The Balaban J connectivity index is 1.27. The number of rotatable bonds is 5. The normalized spacial score (nSPS) is 20.1. The standard InChI is InChI=1S/C29H38N8O/c1-29(2,3)35-12-10-33(11-13-35)20-22-18-26-31-25(19-27(37(26)32-22)34-14-16-38-17-15-34)36-24-7-5-4-6-23(24)30-28(36)21-8-9-21/h4-7,18-19,21H,8-17,20H2,1-3H3. The van der Waals surface area contributed by atoms with E-state index >= 15 is 0 Å². The number of piperazine rings is 1. The third-order valence-corrected chi connectivity index (χ3v) is 8.25. The second-order valence-corrected chi connectivity index (χ2v) is 12.0. The van der Waals surface area contributed by atoms with Crippen LogP contribution in [0.15, 0.2) is 36.4 Å². The molecule has 7 rings (SSSR count). The Kier molecular flexibility index (Phi) is 5.90. The molecule has 0 atom stereocenters. The number of morpholine rings is 1. The van der Waals surface area contributed by atoms with Gasteiger partial charge in [0.25, 0.3) is 0 Å². The average molecular weight is 515 g/mol. The van der Waals surface area contributed by atoms with Crippen molar-refractivity contribution in [3.8, 4) is 5.82 Å². The fraction of sp³-hybridized carbons (Fsp3) is 0.552. The van der Waals surface area contributed by atoms with E-state index in [1.807, 2.05) is 4.52 Å². The van der Waals surface area contributed by atoms with Gasteiger partial charge in [-0.15, -0.1) is 0 Å². The monoisotopic (exact) mass is 514 g/mol. The molecule has 5 heterocycles. The van der Waals surface area contributed by atoms with Crippen LogP contribution in [0.5, 0.6) is 0 Å². The minimum Gasteiger partial charge on any atom is -0.378 e. The molecule has 2 aliphatic heterocycles. The largest absolute Gasteiger partial charge is 0.378 e. The summed E-state index contributed by atoms with van der Waals surface area (Å²) < 4.78 is 10.0. The molecule has 9 nitrogen and oxygen atoms in total. The summed E-state index contributed by atoms with van der Waals surface area (Å²) in [5.74, 6) is 3.66. The van der Waals surface area contributed by atoms with E-state index in [4.69, 9.17) is 19.8 Å². The van der Waals surface area contributed by atoms with Gasteiger partial charge in [0.2, 0.25) is 0 Å². The number of benzene rings is 1. The van der Waals surface area contributed by atoms with E-state index < -0.39 is 0 Å². The molecule has 1 aliphatic carbocycles. The molecule has 3 fully saturated rings. The Bertz CT molecular complexity index is 1450. The molecule has 0 amide bonds. The van der Waals surface area contributed by atoms with E-state index in [1.54, 1.807) is 0 Å². The summed E-state index contributed by atoms with van der Waals surface area (Å²) in [7, 11) is 0. The maximum atomic E-state index is 5.68. The van der Waals surface area contributed by atoms with Gasteiger partial charge in [0.05, 0.1) is 29.9 Å². The van der Waals surface area contributed by atoms with Gasteiger partial charge < -0.3 is 9.64 Å². The van der Waals surface area contributed by atoms with Crippen molar-refractivity contribution >= 4 is 22.5 Å². The molecule has 0 unspecified atom stereocenters. The SMILES string of the molecule is CC(C)(C)N1CCN(Cc2cc3nc(-n4c(C5CC5)nc5ccccc54)cc(N4CCOCC4)n3n2)CC1. The van der Waals surface area contributed by atoms with Crippen molar-refractivity contribution in [1.29, 1.82) is 0 Å². The highest BCUT2D eigenvalue weighted by atomic mass is 16.5. The van der Waals surface area contributed by atoms with Crippen molar-refractivity contribution in [2.75, 3.05) is 57.4 Å². The van der Waals surface area contributed by atoms with Crippen molar-refractivity contribution in [2.24, 2.45) is 0 Å².